The number of allylic oxidation sites excluding steroid dienone is 9. The molecule has 0 saturated heterocycles. The fraction of sp³-hybridized carbons (Fsp3) is 0.333. The molecule has 0 fully saturated rings. The molecule has 0 radical (unpaired) electrons. The molecule has 1 nitrogen and oxygen atoms in total. The first-order chi connectivity index (χ1) is 7.91. The normalized spacial score (nSPS) is 13.1. The quantitative estimate of drug-likeness (QED) is 0.329. The average Bonchev–Trinajstić information content (AvgIpc) is 2.31. The van der Waals surface area contributed by atoms with Crippen LogP contribution in [0.5, 0.6) is 0 Å². The molecule has 0 aliphatic heterocycles. The third-order valence-electron chi connectivity index (χ3n) is 1.85. The van der Waals surface area contributed by atoms with E-state index < -0.39 is 0 Å². The van der Waals surface area contributed by atoms with Crippen molar-refractivity contribution in [2.45, 2.75) is 26.2 Å². The number of methoxy groups -OCH3 is 1. The Morgan fingerprint density at radius 1 is 0.812 bits per heavy atom. The molecule has 0 aromatic carbocycles. The standard InChI is InChI=1S/C15H22O/c1-3-4-5-6-7-8-9-10-11-12-13-14-15-16-2/h6-15H,3-5H2,1-2H3/b7-6+,9-8+,11-10+,13-12+,15-14+. The van der Waals surface area contributed by atoms with Gasteiger partial charge in [0.15, 0.2) is 0 Å². The summed E-state index contributed by atoms with van der Waals surface area (Å²) in [4.78, 5) is 0. The molecular formula is C15H22O. The second kappa shape index (κ2) is 13.5. The number of hydrogen-bond donors (Lipinski definition) is 0. The van der Waals surface area contributed by atoms with Crippen molar-refractivity contribution >= 4 is 0 Å². The SMILES string of the molecule is CCCC/C=C/C=C/C=C/C=C/C=C/OC. The number of hydrogen-bond acceptors (Lipinski definition) is 1. The summed E-state index contributed by atoms with van der Waals surface area (Å²) in [7, 11) is 1.63. The summed E-state index contributed by atoms with van der Waals surface area (Å²) in [5.74, 6) is 0. The van der Waals surface area contributed by atoms with E-state index >= 15 is 0 Å². The van der Waals surface area contributed by atoms with Gasteiger partial charge in [-0.25, -0.2) is 0 Å². The maximum absolute atomic E-state index is 4.75. The Morgan fingerprint density at radius 2 is 1.38 bits per heavy atom. The Morgan fingerprint density at radius 3 is 1.94 bits per heavy atom. The Kier molecular flexibility index (Phi) is 12.2. The maximum atomic E-state index is 4.75. The van der Waals surface area contributed by atoms with E-state index in [4.69, 9.17) is 4.74 Å². The van der Waals surface area contributed by atoms with Gasteiger partial charge >= 0.3 is 0 Å². The molecule has 0 heterocycles. The zero-order chi connectivity index (χ0) is 11.9. The van der Waals surface area contributed by atoms with Gasteiger partial charge in [0.1, 0.15) is 0 Å². The zero-order valence-corrected chi connectivity index (χ0v) is 10.3. The van der Waals surface area contributed by atoms with E-state index in [1.54, 1.807) is 13.4 Å². The van der Waals surface area contributed by atoms with Crippen molar-refractivity contribution < 1.29 is 4.74 Å². The summed E-state index contributed by atoms with van der Waals surface area (Å²) in [5, 5.41) is 0. The van der Waals surface area contributed by atoms with Crippen molar-refractivity contribution in [3.8, 4) is 0 Å². The highest BCUT2D eigenvalue weighted by atomic mass is 16.5. The second-order valence-corrected chi connectivity index (χ2v) is 3.29. The van der Waals surface area contributed by atoms with E-state index in [9.17, 15) is 0 Å². The molecule has 0 aliphatic rings. The summed E-state index contributed by atoms with van der Waals surface area (Å²) in [6.07, 6.45) is 23.4. The highest BCUT2D eigenvalue weighted by Gasteiger charge is 1.74. The van der Waals surface area contributed by atoms with Gasteiger partial charge in [-0.15, -0.1) is 0 Å². The van der Waals surface area contributed by atoms with E-state index in [2.05, 4.69) is 19.1 Å². The van der Waals surface area contributed by atoms with Crippen LogP contribution in [0.1, 0.15) is 26.2 Å². The molecule has 1 heteroatoms. The lowest BCUT2D eigenvalue weighted by molar-refractivity contribution is 0.338. The number of unbranched alkanes of at least 4 members (excludes halogenated alkanes) is 2. The van der Waals surface area contributed by atoms with E-state index in [1.807, 2.05) is 42.5 Å². The fourth-order valence-electron chi connectivity index (χ4n) is 1.01. The van der Waals surface area contributed by atoms with Gasteiger partial charge in [-0.2, -0.15) is 0 Å². The van der Waals surface area contributed by atoms with E-state index in [1.165, 1.54) is 19.3 Å². The van der Waals surface area contributed by atoms with E-state index in [0.29, 0.717) is 0 Å². The van der Waals surface area contributed by atoms with Crippen LogP contribution < -0.4 is 0 Å². The minimum Gasteiger partial charge on any atom is -0.504 e. The molecule has 0 bridgehead atoms. The minimum absolute atomic E-state index is 1.17. The van der Waals surface area contributed by atoms with Crippen molar-refractivity contribution in [2.75, 3.05) is 7.11 Å². The van der Waals surface area contributed by atoms with Crippen LogP contribution in [0.3, 0.4) is 0 Å². The predicted molar refractivity (Wildman–Crippen MR) is 72.2 cm³/mol. The summed E-state index contributed by atoms with van der Waals surface area (Å²) in [6, 6.07) is 0. The third kappa shape index (κ3) is 12.5. The highest BCUT2D eigenvalue weighted by Crippen LogP contribution is 1.94. The maximum Gasteiger partial charge on any atom is 0.0824 e. The molecule has 0 unspecified atom stereocenters. The summed E-state index contributed by atoms with van der Waals surface area (Å²) in [6.45, 7) is 2.21. The van der Waals surface area contributed by atoms with Crippen LogP contribution in [0.25, 0.3) is 0 Å². The topological polar surface area (TPSA) is 9.23 Å². The molecule has 88 valence electrons. The molecule has 0 rings (SSSR count). The van der Waals surface area contributed by atoms with Crippen LogP contribution >= 0.6 is 0 Å². The van der Waals surface area contributed by atoms with Crippen LogP contribution in [0.15, 0.2) is 60.9 Å². The average molecular weight is 218 g/mol. The minimum atomic E-state index is 1.17. The van der Waals surface area contributed by atoms with Gasteiger partial charge in [0.05, 0.1) is 13.4 Å². The van der Waals surface area contributed by atoms with Crippen molar-refractivity contribution in [2.24, 2.45) is 0 Å². The van der Waals surface area contributed by atoms with E-state index in [0.717, 1.165) is 0 Å². The Balaban J connectivity index is 3.58. The highest BCUT2D eigenvalue weighted by molar-refractivity contribution is 5.17. The molecule has 0 atom stereocenters. The first-order valence-electron chi connectivity index (χ1n) is 5.76. The first kappa shape index (κ1) is 14.5. The molecule has 0 aliphatic carbocycles. The predicted octanol–water partition coefficient (Wildman–Crippen LogP) is 4.56. The number of rotatable bonds is 8. The summed E-state index contributed by atoms with van der Waals surface area (Å²) in [5.41, 5.74) is 0. The van der Waals surface area contributed by atoms with Gasteiger partial charge in [-0.05, 0) is 12.5 Å². The van der Waals surface area contributed by atoms with Gasteiger partial charge in [0.2, 0.25) is 0 Å². The van der Waals surface area contributed by atoms with Crippen LogP contribution in [0, 0.1) is 0 Å². The molecule has 0 amide bonds. The molecule has 0 aromatic rings. The van der Waals surface area contributed by atoms with Crippen LogP contribution in [-0.2, 0) is 4.74 Å². The van der Waals surface area contributed by atoms with Crippen LogP contribution in [0.4, 0.5) is 0 Å². The summed E-state index contributed by atoms with van der Waals surface area (Å²) < 4.78 is 4.75. The van der Waals surface area contributed by atoms with Gasteiger partial charge in [-0.1, -0.05) is 68.4 Å². The van der Waals surface area contributed by atoms with E-state index in [-0.39, 0.29) is 0 Å². The number of ether oxygens (including phenoxy) is 1. The lowest BCUT2D eigenvalue weighted by Gasteiger charge is -1.85. The molecular weight excluding hydrogens is 196 g/mol. The fourth-order valence-corrected chi connectivity index (χ4v) is 1.01. The Labute approximate surface area is 99.5 Å². The lowest BCUT2D eigenvalue weighted by atomic mass is 10.2. The smallest absolute Gasteiger partial charge is 0.0824 e. The summed E-state index contributed by atoms with van der Waals surface area (Å²) >= 11 is 0. The lowest BCUT2D eigenvalue weighted by Crippen LogP contribution is -1.64. The monoisotopic (exact) mass is 218 g/mol. The Hall–Kier alpha value is -1.50. The van der Waals surface area contributed by atoms with Crippen LogP contribution in [0.2, 0.25) is 0 Å². The van der Waals surface area contributed by atoms with Gasteiger partial charge in [-0.3, -0.25) is 0 Å². The van der Waals surface area contributed by atoms with Crippen molar-refractivity contribution in [3.63, 3.8) is 0 Å². The third-order valence-corrected chi connectivity index (χ3v) is 1.85. The van der Waals surface area contributed by atoms with Crippen molar-refractivity contribution in [1.82, 2.24) is 0 Å². The Bertz CT molecular complexity index is 267. The molecule has 0 spiro atoms. The van der Waals surface area contributed by atoms with Gasteiger partial charge in [0.25, 0.3) is 0 Å². The van der Waals surface area contributed by atoms with Crippen LogP contribution in [-0.4, -0.2) is 7.11 Å². The zero-order valence-electron chi connectivity index (χ0n) is 10.3. The molecule has 16 heavy (non-hydrogen) atoms. The van der Waals surface area contributed by atoms with Crippen molar-refractivity contribution in [3.05, 3.63) is 60.9 Å². The molecule has 0 aromatic heterocycles. The van der Waals surface area contributed by atoms with Gasteiger partial charge in [0, 0.05) is 0 Å². The first-order valence-corrected chi connectivity index (χ1v) is 5.76. The molecule has 0 saturated carbocycles. The molecule has 0 N–H and O–H groups in total. The van der Waals surface area contributed by atoms with Gasteiger partial charge < -0.3 is 4.74 Å². The second-order valence-electron chi connectivity index (χ2n) is 3.29. The largest absolute Gasteiger partial charge is 0.504 e. The van der Waals surface area contributed by atoms with Crippen molar-refractivity contribution in [1.29, 1.82) is 0 Å².